The Morgan fingerprint density at radius 3 is 0.493 bits per heavy atom. The Labute approximate surface area is 458 Å². The zero-order valence-corrected chi connectivity index (χ0v) is 48.2. The summed E-state index contributed by atoms with van der Waals surface area (Å²) < 4.78 is 10.0. The van der Waals surface area contributed by atoms with E-state index in [4.69, 9.17) is 0 Å². The minimum absolute atomic E-state index is 0.329. The Kier molecular flexibility index (Phi) is 19.4. The zero-order chi connectivity index (χ0) is 53.4. The molecule has 75 heavy (non-hydrogen) atoms. The Hall–Kier alpha value is -7.75. The third-order valence-electron chi connectivity index (χ3n) is 11.1. The van der Waals surface area contributed by atoms with Crippen molar-refractivity contribution in [2.45, 2.75) is 0 Å². The van der Waals surface area contributed by atoms with Crippen molar-refractivity contribution >= 4 is 162 Å². The van der Waals surface area contributed by atoms with Crippen molar-refractivity contribution in [2.75, 3.05) is 31.9 Å². The standard InChI is InChI=1S/6C9H8NO.C6H3.3Sb/c6*1-2-9(11)10-8-6-4-3-5-7-8;1-2-4-6-5-3-1;;;/h6*2,4-7H,1H2,(H,10,11);1,4-5H;;;. The van der Waals surface area contributed by atoms with Crippen molar-refractivity contribution in [3.63, 3.8) is 0 Å². The molecule has 7 aromatic rings. The Morgan fingerprint density at radius 1 is 0.240 bits per heavy atom. The normalized spacial score (nSPS) is 10.6. The fraction of sp³-hybridized carbons (Fsp3) is 0. The molecule has 0 atom stereocenters. The summed E-state index contributed by atoms with van der Waals surface area (Å²) in [7, 11) is 0. The van der Waals surface area contributed by atoms with Crippen LogP contribution in [0.25, 0.3) is 0 Å². The second kappa shape index (κ2) is 26.5. The average molecular weight is 1320 g/mol. The first-order chi connectivity index (χ1) is 36.3. The average Bonchev–Trinajstić information content (AvgIpc) is 3.43. The number of amides is 6. The van der Waals surface area contributed by atoms with E-state index in [-0.39, 0.29) is 35.4 Å². The first-order valence-corrected chi connectivity index (χ1v) is 34.6. The van der Waals surface area contributed by atoms with E-state index >= 15 is 0 Å². The monoisotopic (exact) mass is 1310 g/mol. The Morgan fingerprint density at radius 2 is 0.373 bits per heavy atom. The van der Waals surface area contributed by atoms with Gasteiger partial charge in [0.2, 0.25) is 0 Å². The number of rotatable bonds is 21. The molecule has 0 saturated heterocycles. The quantitative estimate of drug-likeness (QED) is 0.0470. The number of carbonyl (C=O) groups excluding carboxylic acids is 6. The molecule has 0 aliphatic rings. The third-order valence-corrected chi connectivity index (χ3v) is 31.7. The van der Waals surface area contributed by atoms with Crippen LogP contribution in [-0.4, -0.2) is 96.1 Å². The molecular formula is C60H51N6O6Sb3. The van der Waals surface area contributed by atoms with E-state index in [0.717, 1.165) is 31.6 Å². The van der Waals surface area contributed by atoms with Gasteiger partial charge in [0.15, 0.2) is 0 Å². The molecule has 0 radical (unpaired) electrons. The number of nitrogens with one attached hydrogen (secondary N) is 6. The number of carbonyl (C=O) groups is 6. The van der Waals surface area contributed by atoms with Crippen LogP contribution in [0.4, 0.5) is 34.1 Å². The molecule has 0 aromatic heterocycles. The summed E-state index contributed by atoms with van der Waals surface area (Å²) in [5.41, 5.74) is 3.70. The number of hydrogen-bond donors (Lipinski definition) is 6. The van der Waals surface area contributed by atoms with Crippen LogP contribution in [-0.2, 0) is 28.8 Å². The maximum absolute atomic E-state index is 12.4. The van der Waals surface area contributed by atoms with Gasteiger partial charge in [-0.2, -0.15) is 0 Å². The van der Waals surface area contributed by atoms with Gasteiger partial charge in [0.25, 0.3) is 0 Å². The minimum atomic E-state index is -3.17. The van der Waals surface area contributed by atoms with Gasteiger partial charge in [-0.3, -0.25) is 0 Å². The molecule has 0 spiro atoms. The first kappa shape index (κ1) is 55.0. The Bertz CT molecular complexity index is 2760. The molecular weight excluding hydrogens is 1270 g/mol. The Balaban J connectivity index is 1.53. The molecule has 15 heteroatoms. The van der Waals surface area contributed by atoms with E-state index < -0.39 is 60.6 Å². The molecule has 0 heterocycles. The van der Waals surface area contributed by atoms with Gasteiger partial charge in [0.05, 0.1) is 0 Å². The summed E-state index contributed by atoms with van der Waals surface area (Å²) >= 11 is -9.51. The molecule has 0 bridgehead atoms. The molecule has 6 amide bonds. The second-order valence-corrected chi connectivity index (χ2v) is 35.2. The predicted octanol–water partition coefficient (Wildman–Crippen LogP) is 3.98. The molecule has 12 nitrogen and oxygen atoms in total. The molecule has 0 fully saturated rings. The van der Waals surface area contributed by atoms with E-state index in [0.29, 0.717) is 34.1 Å². The summed E-state index contributed by atoms with van der Waals surface area (Å²) in [4.78, 5) is 74.6. The van der Waals surface area contributed by atoms with Gasteiger partial charge in [-0.15, -0.1) is 0 Å². The summed E-state index contributed by atoms with van der Waals surface area (Å²) in [5, 5.41) is 17.3. The molecule has 372 valence electrons. The number of benzene rings is 7. The number of anilines is 6. The van der Waals surface area contributed by atoms with Crippen molar-refractivity contribution in [1.29, 1.82) is 0 Å². The molecule has 0 saturated carbocycles. The van der Waals surface area contributed by atoms with Gasteiger partial charge in [-0.25, -0.2) is 0 Å². The topological polar surface area (TPSA) is 175 Å². The van der Waals surface area contributed by atoms with Gasteiger partial charge in [0, 0.05) is 0 Å². The van der Waals surface area contributed by atoms with Gasteiger partial charge >= 0.3 is 462 Å². The van der Waals surface area contributed by atoms with Gasteiger partial charge in [0.1, 0.15) is 0 Å². The van der Waals surface area contributed by atoms with Crippen LogP contribution < -0.4 is 63.5 Å². The van der Waals surface area contributed by atoms with Gasteiger partial charge in [-0.1, -0.05) is 0 Å². The maximum atomic E-state index is 12.4. The van der Waals surface area contributed by atoms with Crippen molar-refractivity contribution < 1.29 is 28.8 Å². The van der Waals surface area contributed by atoms with Crippen LogP contribution in [0.15, 0.2) is 240 Å². The van der Waals surface area contributed by atoms with Crippen molar-refractivity contribution in [3.8, 4) is 0 Å². The van der Waals surface area contributed by atoms with Crippen molar-refractivity contribution in [2.24, 2.45) is 0 Å². The van der Waals surface area contributed by atoms with Crippen LogP contribution in [0.1, 0.15) is 0 Å². The third kappa shape index (κ3) is 14.7. The fourth-order valence-electron chi connectivity index (χ4n) is 7.63. The summed E-state index contributed by atoms with van der Waals surface area (Å²) in [6.07, 6.45) is 7.35. The summed E-state index contributed by atoms with van der Waals surface area (Å²) in [6, 6.07) is 54.7. The molecule has 0 aliphatic carbocycles. The van der Waals surface area contributed by atoms with Crippen LogP contribution in [0.3, 0.4) is 0 Å². The molecule has 7 aromatic carbocycles. The van der Waals surface area contributed by atoms with E-state index in [2.05, 4.69) is 162 Å². The van der Waals surface area contributed by atoms with Crippen LogP contribution in [0.2, 0.25) is 0 Å². The molecule has 0 aliphatic heterocycles. The summed E-state index contributed by atoms with van der Waals surface area (Å²) in [6.45, 7) is 21.7. The van der Waals surface area contributed by atoms with Crippen LogP contribution >= 0.6 is 0 Å². The van der Waals surface area contributed by atoms with Gasteiger partial charge < -0.3 is 0 Å². The predicted molar refractivity (Wildman–Crippen MR) is 312 cm³/mol. The van der Waals surface area contributed by atoms with Crippen molar-refractivity contribution in [1.82, 2.24) is 0 Å². The van der Waals surface area contributed by atoms with E-state index in [1.165, 1.54) is 36.5 Å². The summed E-state index contributed by atoms with van der Waals surface area (Å²) in [5.74, 6) is -1.97. The molecule has 7 rings (SSSR count). The fourth-order valence-corrected chi connectivity index (χ4v) is 30.2. The first-order valence-electron chi connectivity index (χ1n) is 23.1. The molecule has 6 N–H and O–H groups in total. The van der Waals surface area contributed by atoms with E-state index in [1.807, 2.05) is 72.8 Å². The van der Waals surface area contributed by atoms with E-state index in [1.54, 1.807) is 0 Å². The number of hydrogen-bond acceptors (Lipinski definition) is 6. The van der Waals surface area contributed by atoms with Gasteiger partial charge in [-0.05, 0) is 0 Å². The second-order valence-electron chi connectivity index (χ2n) is 16.2. The van der Waals surface area contributed by atoms with Crippen molar-refractivity contribution in [3.05, 3.63) is 240 Å². The zero-order valence-electron chi connectivity index (χ0n) is 40.6. The van der Waals surface area contributed by atoms with Crippen LogP contribution in [0, 0.1) is 0 Å². The van der Waals surface area contributed by atoms with Crippen LogP contribution in [0.5, 0.6) is 0 Å². The van der Waals surface area contributed by atoms with E-state index in [9.17, 15) is 28.8 Å². The SMILES string of the molecule is C=CC(=O)Nc1cc[c]([Sb]([c]2ccc(NC(=O)C=C)cc2)[c]2c[c]([Sb]([c]3ccc(NC(=O)C=C)cc3)[c]3ccc(NC(=O)C=C)cc3)c[c]([Sb]([c]3ccc(NC(=O)C=C)cc3)[c]3ccc(NC(=O)C=C)cc3)c2)cc1. The molecule has 0 unspecified atom stereocenters.